The lowest BCUT2D eigenvalue weighted by Crippen LogP contribution is -2.05. The van der Waals surface area contributed by atoms with Crippen molar-refractivity contribution < 1.29 is 17.9 Å². The van der Waals surface area contributed by atoms with E-state index in [9.17, 15) is 13.2 Å². The van der Waals surface area contributed by atoms with E-state index in [1.165, 1.54) is 19.2 Å². The van der Waals surface area contributed by atoms with Gasteiger partial charge in [-0.05, 0) is 23.8 Å². The molecule has 0 saturated heterocycles. The number of halogens is 3. The van der Waals surface area contributed by atoms with Gasteiger partial charge in [0.25, 0.3) is 5.88 Å². The standard InChI is InChI=1S/C13H12F3N3O/c1-20-12-11(17)7-10(18-19-12)6-8-2-4-9(5-3-8)13(14,15)16/h2-5,7H,6H2,1H3,(H2,17,18). The van der Waals surface area contributed by atoms with Crippen molar-refractivity contribution in [1.82, 2.24) is 10.2 Å². The van der Waals surface area contributed by atoms with Crippen LogP contribution in [0.15, 0.2) is 30.3 Å². The molecular weight excluding hydrogens is 271 g/mol. The van der Waals surface area contributed by atoms with Crippen LogP contribution in [0, 0.1) is 0 Å². The second kappa shape index (κ2) is 5.36. The van der Waals surface area contributed by atoms with Gasteiger partial charge >= 0.3 is 6.18 Å². The zero-order chi connectivity index (χ0) is 14.8. The maximum atomic E-state index is 12.4. The minimum Gasteiger partial charge on any atom is -0.478 e. The maximum Gasteiger partial charge on any atom is 0.416 e. The molecule has 7 heteroatoms. The number of rotatable bonds is 3. The summed E-state index contributed by atoms with van der Waals surface area (Å²) in [5.41, 5.74) is 6.60. The highest BCUT2D eigenvalue weighted by atomic mass is 19.4. The molecule has 0 spiro atoms. The molecule has 1 aromatic carbocycles. The second-order valence-electron chi connectivity index (χ2n) is 4.17. The largest absolute Gasteiger partial charge is 0.478 e. The summed E-state index contributed by atoms with van der Waals surface area (Å²) >= 11 is 0. The third-order valence-electron chi connectivity index (χ3n) is 2.70. The van der Waals surface area contributed by atoms with E-state index in [1.807, 2.05) is 0 Å². The number of nitrogens with zero attached hydrogens (tertiary/aromatic N) is 2. The monoisotopic (exact) mass is 283 g/mol. The van der Waals surface area contributed by atoms with Crippen molar-refractivity contribution in [2.45, 2.75) is 12.6 Å². The number of nitrogens with two attached hydrogens (primary N) is 1. The van der Waals surface area contributed by atoms with Crippen molar-refractivity contribution in [3.8, 4) is 5.88 Å². The van der Waals surface area contributed by atoms with Crippen LogP contribution >= 0.6 is 0 Å². The van der Waals surface area contributed by atoms with Crippen LogP contribution in [-0.2, 0) is 12.6 Å². The van der Waals surface area contributed by atoms with Gasteiger partial charge in [-0.3, -0.25) is 0 Å². The fraction of sp³-hybridized carbons (Fsp3) is 0.231. The fourth-order valence-electron chi connectivity index (χ4n) is 1.70. The molecule has 1 heterocycles. The SMILES string of the molecule is COc1nnc(Cc2ccc(C(F)(F)F)cc2)cc1N. The van der Waals surface area contributed by atoms with Crippen molar-refractivity contribution in [2.24, 2.45) is 0 Å². The van der Waals surface area contributed by atoms with Crippen LogP contribution in [0.3, 0.4) is 0 Å². The molecule has 0 aliphatic rings. The van der Waals surface area contributed by atoms with Crippen LogP contribution in [-0.4, -0.2) is 17.3 Å². The molecule has 0 aliphatic carbocycles. The Morgan fingerprint density at radius 1 is 1.15 bits per heavy atom. The molecule has 0 amide bonds. The molecule has 2 rings (SSSR count). The van der Waals surface area contributed by atoms with Gasteiger partial charge in [0.1, 0.15) is 0 Å². The van der Waals surface area contributed by atoms with Gasteiger partial charge in [-0.25, -0.2) is 0 Å². The van der Waals surface area contributed by atoms with Gasteiger partial charge < -0.3 is 10.5 Å². The van der Waals surface area contributed by atoms with Gasteiger partial charge in [0.2, 0.25) is 0 Å². The van der Waals surface area contributed by atoms with Gasteiger partial charge in [0.15, 0.2) is 0 Å². The van der Waals surface area contributed by atoms with Crippen LogP contribution in [0.4, 0.5) is 18.9 Å². The highest BCUT2D eigenvalue weighted by molar-refractivity contribution is 5.48. The number of alkyl halides is 3. The van der Waals surface area contributed by atoms with Crippen molar-refractivity contribution in [1.29, 1.82) is 0 Å². The predicted molar refractivity (Wildman–Crippen MR) is 67.2 cm³/mol. The minimum atomic E-state index is -4.33. The fourth-order valence-corrected chi connectivity index (χ4v) is 1.70. The van der Waals surface area contributed by atoms with E-state index < -0.39 is 11.7 Å². The number of benzene rings is 1. The lowest BCUT2D eigenvalue weighted by molar-refractivity contribution is -0.137. The van der Waals surface area contributed by atoms with E-state index in [-0.39, 0.29) is 5.88 Å². The first-order valence-electron chi connectivity index (χ1n) is 5.72. The Morgan fingerprint density at radius 3 is 2.30 bits per heavy atom. The topological polar surface area (TPSA) is 61.0 Å². The molecule has 0 fully saturated rings. The highest BCUT2D eigenvalue weighted by Gasteiger charge is 2.29. The Labute approximate surface area is 113 Å². The zero-order valence-electron chi connectivity index (χ0n) is 10.6. The summed E-state index contributed by atoms with van der Waals surface area (Å²) in [5.74, 6) is 0.223. The highest BCUT2D eigenvalue weighted by Crippen LogP contribution is 2.29. The van der Waals surface area contributed by atoms with Gasteiger partial charge in [0.05, 0.1) is 24.1 Å². The van der Waals surface area contributed by atoms with E-state index in [0.717, 1.165) is 12.1 Å². The number of aromatic nitrogens is 2. The minimum absolute atomic E-state index is 0.223. The quantitative estimate of drug-likeness (QED) is 0.940. The van der Waals surface area contributed by atoms with Gasteiger partial charge in [0, 0.05) is 6.42 Å². The Morgan fingerprint density at radius 2 is 1.80 bits per heavy atom. The molecule has 2 aromatic rings. The predicted octanol–water partition coefficient (Wildman–Crippen LogP) is 2.68. The third-order valence-corrected chi connectivity index (χ3v) is 2.70. The van der Waals surface area contributed by atoms with Crippen LogP contribution in [0.25, 0.3) is 0 Å². The summed E-state index contributed by atoms with van der Waals surface area (Å²) < 4.78 is 42.2. The molecule has 1 aromatic heterocycles. The maximum absolute atomic E-state index is 12.4. The van der Waals surface area contributed by atoms with Gasteiger partial charge in [-0.15, -0.1) is 5.10 Å². The average molecular weight is 283 g/mol. The van der Waals surface area contributed by atoms with Crippen LogP contribution in [0.1, 0.15) is 16.8 Å². The summed E-state index contributed by atoms with van der Waals surface area (Å²) in [7, 11) is 1.43. The Balaban J connectivity index is 2.16. The molecule has 20 heavy (non-hydrogen) atoms. The Kier molecular flexibility index (Phi) is 3.78. The van der Waals surface area contributed by atoms with E-state index in [0.29, 0.717) is 23.4 Å². The Bertz CT molecular complexity index is 597. The van der Waals surface area contributed by atoms with Crippen molar-refractivity contribution in [3.63, 3.8) is 0 Å². The lowest BCUT2D eigenvalue weighted by Gasteiger charge is -2.08. The number of hydrogen-bond donors (Lipinski definition) is 1. The van der Waals surface area contributed by atoms with E-state index >= 15 is 0 Å². The first kappa shape index (κ1) is 14.1. The number of ether oxygens (including phenoxy) is 1. The normalized spacial score (nSPS) is 11.4. The molecule has 0 bridgehead atoms. The first-order chi connectivity index (χ1) is 9.40. The molecule has 106 valence electrons. The average Bonchev–Trinajstić information content (AvgIpc) is 2.38. The number of nitrogen functional groups attached to an aromatic ring is 1. The van der Waals surface area contributed by atoms with Crippen LogP contribution in [0.2, 0.25) is 0 Å². The summed E-state index contributed by atoms with van der Waals surface area (Å²) in [4.78, 5) is 0. The summed E-state index contributed by atoms with van der Waals surface area (Å²) in [6, 6.07) is 6.48. The number of methoxy groups -OCH3 is 1. The van der Waals surface area contributed by atoms with Crippen molar-refractivity contribution >= 4 is 5.69 Å². The van der Waals surface area contributed by atoms with E-state index in [2.05, 4.69) is 10.2 Å². The smallest absolute Gasteiger partial charge is 0.416 e. The molecule has 4 nitrogen and oxygen atoms in total. The zero-order valence-corrected chi connectivity index (χ0v) is 10.6. The van der Waals surface area contributed by atoms with Crippen LogP contribution < -0.4 is 10.5 Å². The molecule has 0 radical (unpaired) electrons. The van der Waals surface area contributed by atoms with E-state index in [1.54, 1.807) is 6.07 Å². The molecule has 0 unspecified atom stereocenters. The molecule has 0 atom stereocenters. The summed E-state index contributed by atoms with van der Waals surface area (Å²) in [5, 5.41) is 7.67. The lowest BCUT2D eigenvalue weighted by atomic mass is 10.1. The number of hydrogen-bond acceptors (Lipinski definition) is 4. The Hall–Kier alpha value is -2.31. The summed E-state index contributed by atoms with van der Waals surface area (Å²) in [6.45, 7) is 0. The molecule has 2 N–H and O–H groups in total. The van der Waals surface area contributed by atoms with Crippen molar-refractivity contribution in [3.05, 3.63) is 47.2 Å². The molecular formula is C13H12F3N3O. The third kappa shape index (κ3) is 3.17. The number of anilines is 1. The van der Waals surface area contributed by atoms with Crippen molar-refractivity contribution in [2.75, 3.05) is 12.8 Å². The van der Waals surface area contributed by atoms with E-state index in [4.69, 9.17) is 10.5 Å². The summed E-state index contributed by atoms with van der Waals surface area (Å²) in [6.07, 6.45) is -3.98. The van der Waals surface area contributed by atoms with Crippen LogP contribution in [0.5, 0.6) is 5.88 Å². The molecule has 0 aliphatic heterocycles. The second-order valence-corrected chi connectivity index (χ2v) is 4.17. The molecule has 0 saturated carbocycles. The van der Waals surface area contributed by atoms with Gasteiger partial charge in [-0.2, -0.15) is 18.3 Å². The first-order valence-corrected chi connectivity index (χ1v) is 5.72. The van der Waals surface area contributed by atoms with Gasteiger partial charge in [-0.1, -0.05) is 12.1 Å².